The number of hydrogen-bond acceptors (Lipinski definition) is 4. The third-order valence-electron chi connectivity index (χ3n) is 9.05. The summed E-state index contributed by atoms with van der Waals surface area (Å²) >= 11 is 0. The van der Waals surface area contributed by atoms with Gasteiger partial charge in [-0.15, -0.1) is 0 Å². The lowest BCUT2D eigenvalue weighted by Crippen LogP contribution is -1.91. The Morgan fingerprint density at radius 2 is 0.885 bits per heavy atom. The van der Waals surface area contributed by atoms with Crippen molar-refractivity contribution in [2.75, 3.05) is 0 Å². The number of rotatable bonds is 4. The maximum absolute atomic E-state index is 4.57. The highest BCUT2D eigenvalue weighted by atomic mass is 14.7. The minimum Gasteiger partial charge on any atom is -0.260 e. The van der Waals surface area contributed by atoms with Crippen molar-refractivity contribution in [2.24, 2.45) is 0 Å². The van der Waals surface area contributed by atoms with Crippen molar-refractivity contribution in [3.05, 3.63) is 168 Å². The fourth-order valence-corrected chi connectivity index (χ4v) is 5.72. The molecule has 52 heavy (non-hydrogen) atoms. The van der Waals surface area contributed by atoms with Gasteiger partial charge in [0.2, 0.25) is 0 Å². The third-order valence-corrected chi connectivity index (χ3v) is 9.05. The number of pyridine rings is 4. The Bertz CT molecular complexity index is 2010. The van der Waals surface area contributed by atoms with E-state index >= 15 is 0 Å². The fraction of sp³-hybridized carbons (Fsp3) is 0.250. The Morgan fingerprint density at radius 1 is 0.346 bits per heavy atom. The number of nitrogens with zero attached hydrogens (tertiary/aromatic N) is 4. The lowest BCUT2D eigenvalue weighted by molar-refractivity contribution is 0.826. The highest BCUT2D eigenvalue weighted by molar-refractivity contribution is 5.82. The SMILES string of the molecule is CC(C)c1cc2ccccc2cn1.CC(C)c1ccc2ccccc2n1.CC(C)c1ccc2cccnc2c1.CC(C)c1ccc2ncccc2c1. The lowest BCUT2D eigenvalue weighted by atomic mass is 10.0. The molecule has 4 heteroatoms. The number of aromatic nitrogens is 4. The molecule has 0 fully saturated rings. The molecule has 0 amide bonds. The van der Waals surface area contributed by atoms with Crippen molar-refractivity contribution < 1.29 is 0 Å². The van der Waals surface area contributed by atoms with Crippen LogP contribution in [0.1, 0.15) is 102 Å². The van der Waals surface area contributed by atoms with Crippen molar-refractivity contribution in [3.63, 3.8) is 0 Å². The van der Waals surface area contributed by atoms with Crippen LogP contribution in [-0.4, -0.2) is 19.9 Å². The van der Waals surface area contributed by atoms with E-state index in [1.54, 1.807) is 0 Å². The predicted octanol–water partition coefficient (Wildman–Crippen LogP) is 13.4. The molecule has 0 N–H and O–H groups in total. The lowest BCUT2D eigenvalue weighted by Gasteiger charge is -2.05. The molecule has 4 aromatic heterocycles. The van der Waals surface area contributed by atoms with Gasteiger partial charge in [0.25, 0.3) is 0 Å². The van der Waals surface area contributed by atoms with Crippen LogP contribution in [0.15, 0.2) is 146 Å². The quantitative estimate of drug-likeness (QED) is 0.185. The van der Waals surface area contributed by atoms with Crippen molar-refractivity contribution in [1.29, 1.82) is 0 Å². The average Bonchev–Trinajstić information content (AvgIpc) is 3.17. The Balaban J connectivity index is 0.000000134. The fourth-order valence-electron chi connectivity index (χ4n) is 5.72. The van der Waals surface area contributed by atoms with E-state index in [-0.39, 0.29) is 0 Å². The zero-order valence-electron chi connectivity index (χ0n) is 32.0. The maximum Gasteiger partial charge on any atom is 0.0705 e. The van der Waals surface area contributed by atoms with E-state index in [9.17, 15) is 0 Å². The largest absolute Gasteiger partial charge is 0.260 e. The van der Waals surface area contributed by atoms with Crippen LogP contribution in [0, 0.1) is 0 Å². The second-order valence-corrected chi connectivity index (χ2v) is 14.4. The van der Waals surface area contributed by atoms with Crippen LogP contribution in [0.3, 0.4) is 0 Å². The second-order valence-electron chi connectivity index (χ2n) is 14.4. The molecular weight excluding hydrogens is 633 g/mol. The third kappa shape index (κ3) is 10.3. The molecule has 4 nitrogen and oxygen atoms in total. The molecule has 0 aliphatic carbocycles. The first-order valence-electron chi connectivity index (χ1n) is 18.5. The van der Waals surface area contributed by atoms with E-state index in [1.807, 2.05) is 48.9 Å². The van der Waals surface area contributed by atoms with E-state index in [1.165, 1.54) is 49.4 Å². The van der Waals surface area contributed by atoms with Gasteiger partial charge in [-0.3, -0.25) is 19.9 Å². The standard InChI is InChI=1S/4C12H13N/c1-9(2)10-5-6-12-11(8-10)4-3-7-13-12;1-9(2)11-6-5-10-4-3-7-13-12(10)8-11;1-9(2)12-7-10-5-3-4-6-11(10)8-13-12;1-9(2)11-8-7-10-5-3-4-6-12(10)13-11/h4*3-9H,1-2H3. The molecule has 0 radical (unpaired) electrons. The molecule has 0 saturated carbocycles. The van der Waals surface area contributed by atoms with E-state index < -0.39 is 0 Å². The molecule has 0 aliphatic heterocycles. The van der Waals surface area contributed by atoms with Crippen molar-refractivity contribution in [2.45, 2.75) is 79.1 Å². The molecule has 0 spiro atoms. The van der Waals surface area contributed by atoms with Crippen molar-refractivity contribution in [1.82, 2.24) is 19.9 Å². The minimum atomic E-state index is 0.504. The summed E-state index contributed by atoms with van der Waals surface area (Å²) in [6.07, 6.45) is 5.62. The summed E-state index contributed by atoms with van der Waals surface area (Å²) in [6.45, 7) is 17.5. The summed E-state index contributed by atoms with van der Waals surface area (Å²) < 4.78 is 0. The summed E-state index contributed by atoms with van der Waals surface area (Å²) in [5, 5.41) is 6.15. The molecule has 8 aromatic rings. The topological polar surface area (TPSA) is 51.6 Å². The second kappa shape index (κ2) is 18.1. The highest BCUT2D eigenvalue weighted by Crippen LogP contribution is 2.21. The maximum atomic E-state index is 4.57. The van der Waals surface area contributed by atoms with Gasteiger partial charge in [0.1, 0.15) is 0 Å². The Kier molecular flexibility index (Phi) is 13.2. The molecule has 0 aliphatic rings. The van der Waals surface area contributed by atoms with Crippen LogP contribution in [0.2, 0.25) is 0 Å². The molecule has 4 aromatic carbocycles. The molecule has 8 rings (SSSR count). The summed E-state index contributed by atoms with van der Waals surface area (Å²) in [4.78, 5) is 17.6. The Hall–Kier alpha value is -5.48. The zero-order valence-corrected chi connectivity index (χ0v) is 32.0. The van der Waals surface area contributed by atoms with Gasteiger partial charge < -0.3 is 0 Å². The van der Waals surface area contributed by atoms with Crippen molar-refractivity contribution in [3.8, 4) is 0 Å². The number of hydrogen-bond donors (Lipinski definition) is 0. The van der Waals surface area contributed by atoms with Crippen LogP contribution in [0.4, 0.5) is 0 Å². The monoisotopic (exact) mass is 684 g/mol. The van der Waals surface area contributed by atoms with E-state index in [2.05, 4.69) is 172 Å². The minimum absolute atomic E-state index is 0.504. The van der Waals surface area contributed by atoms with Crippen LogP contribution < -0.4 is 0 Å². The van der Waals surface area contributed by atoms with Gasteiger partial charge in [-0.2, -0.15) is 0 Å². The summed E-state index contributed by atoms with van der Waals surface area (Å²) in [6, 6.07) is 44.0. The first-order chi connectivity index (χ1) is 25.1. The first kappa shape index (κ1) is 37.8. The van der Waals surface area contributed by atoms with Crippen LogP contribution in [0.5, 0.6) is 0 Å². The average molecular weight is 685 g/mol. The van der Waals surface area contributed by atoms with E-state index in [0.29, 0.717) is 23.7 Å². The summed E-state index contributed by atoms with van der Waals surface area (Å²) in [5.74, 6) is 2.17. The molecule has 4 heterocycles. The van der Waals surface area contributed by atoms with Gasteiger partial charge in [-0.05, 0) is 88.7 Å². The van der Waals surface area contributed by atoms with Crippen LogP contribution in [0.25, 0.3) is 43.5 Å². The number of benzene rings is 4. The Labute approximate surface area is 310 Å². The van der Waals surface area contributed by atoms with E-state index in [4.69, 9.17) is 0 Å². The van der Waals surface area contributed by atoms with Gasteiger partial charge in [0.15, 0.2) is 0 Å². The summed E-state index contributed by atoms with van der Waals surface area (Å²) in [5.41, 5.74) is 8.32. The van der Waals surface area contributed by atoms with Crippen LogP contribution in [-0.2, 0) is 0 Å². The zero-order chi connectivity index (χ0) is 37.0. The smallest absolute Gasteiger partial charge is 0.0705 e. The number of fused-ring (bicyclic) bond motifs is 4. The van der Waals surface area contributed by atoms with Crippen molar-refractivity contribution >= 4 is 43.5 Å². The van der Waals surface area contributed by atoms with Gasteiger partial charge >= 0.3 is 0 Å². The van der Waals surface area contributed by atoms with Crippen LogP contribution >= 0.6 is 0 Å². The summed E-state index contributed by atoms with van der Waals surface area (Å²) in [7, 11) is 0. The molecule has 0 atom stereocenters. The molecule has 0 saturated heterocycles. The van der Waals surface area contributed by atoms with Gasteiger partial charge in [0.05, 0.1) is 16.6 Å². The molecule has 264 valence electrons. The molecular formula is C48H52N4. The number of para-hydroxylation sites is 1. The Morgan fingerprint density at radius 3 is 1.58 bits per heavy atom. The van der Waals surface area contributed by atoms with E-state index in [0.717, 1.165) is 16.6 Å². The highest BCUT2D eigenvalue weighted by Gasteiger charge is 2.03. The first-order valence-corrected chi connectivity index (χ1v) is 18.5. The predicted molar refractivity (Wildman–Crippen MR) is 223 cm³/mol. The van der Waals surface area contributed by atoms with Gasteiger partial charge in [-0.1, -0.05) is 134 Å². The normalized spacial score (nSPS) is 11.0. The van der Waals surface area contributed by atoms with Gasteiger partial charge in [0, 0.05) is 51.5 Å². The molecule has 0 unspecified atom stereocenters. The molecule has 0 bridgehead atoms. The van der Waals surface area contributed by atoms with Gasteiger partial charge in [-0.25, -0.2) is 0 Å².